The first-order valence-electron chi connectivity index (χ1n) is 9.21. The van der Waals surface area contributed by atoms with Crippen molar-refractivity contribution in [3.8, 4) is 11.5 Å². The van der Waals surface area contributed by atoms with Crippen LogP contribution >= 0.6 is 0 Å². The van der Waals surface area contributed by atoms with E-state index in [2.05, 4.69) is 0 Å². The van der Waals surface area contributed by atoms with Gasteiger partial charge in [0.2, 0.25) is 0 Å². The van der Waals surface area contributed by atoms with Gasteiger partial charge in [0, 0.05) is 11.4 Å². The van der Waals surface area contributed by atoms with Gasteiger partial charge in [-0.1, -0.05) is 32.1 Å². The first-order chi connectivity index (χ1) is 12.2. The molecule has 0 aliphatic heterocycles. The Morgan fingerprint density at radius 1 is 0.480 bits per heavy atom. The second kappa shape index (κ2) is 11.2. The van der Waals surface area contributed by atoms with Gasteiger partial charge < -0.3 is 20.9 Å². The minimum atomic E-state index is 0.770. The third-order valence-electron chi connectivity index (χ3n) is 4.09. The van der Waals surface area contributed by atoms with Crippen LogP contribution < -0.4 is 20.9 Å². The second-order valence-electron chi connectivity index (χ2n) is 6.31. The molecule has 2 aromatic carbocycles. The van der Waals surface area contributed by atoms with E-state index in [1.165, 1.54) is 32.1 Å². The first-order valence-corrected chi connectivity index (χ1v) is 9.21. The van der Waals surface area contributed by atoms with Crippen molar-refractivity contribution >= 4 is 11.4 Å². The highest BCUT2D eigenvalue weighted by molar-refractivity contribution is 5.42. The van der Waals surface area contributed by atoms with Crippen molar-refractivity contribution in [1.29, 1.82) is 0 Å². The minimum absolute atomic E-state index is 0.770. The lowest BCUT2D eigenvalue weighted by Gasteiger charge is -2.07. The van der Waals surface area contributed by atoms with Gasteiger partial charge >= 0.3 is 0 Å². The number of anilines is 2. The van der Waals surface area contributed by atoms with E-state index in [1.807, 2.05) is 48.5 Å². The van der Waals surface area contributed by atoms with Gasteiger partial charge in [0.1, 0.15) is 11.5 Å². The third kappa shape index (κ3) is 8.34. The molecule has 0 saturated heterocycles. The van der Waals surface area contributed by atoms with Crippen LogP contribution in [0.5, 0.6) is 11.5 Å². The molecular formula is C21H30N2O2. The van der Waals surface area contributed by atoms with Crippen LogP contribution in [0.15, 0.2) is 48.5 Å². The summed E-state index contributed by atoms with van der Waals surface area (Å²) in [5.41, 5.74) is 12.8. The molecule has 0 saturated carbocycles. The lowest BCUT2D eigenvalue weighted by molar-refractivity contribution is 0.300. The molecule has 2 rings (SSSR count). The van der Waals surface area contributed by atoms with Gasteiger partial charge in [-0.3, -0.25) is 0 Å². The maximum atomic E-state index is 5.69. The number of unbranched alkanes of at least 4 members (excludes halogenated alkanes) is 6. The summed E-state index contributed by atoms with van der Waals surface area (Å²) in [6.07, 6.45) is 8.46. The molecule has 0 amide bonds. The molecule has 0 aliphatic carbocycles. The van der Waals surface area contributed by atoms with E-state index in [1.54, 1.807) is 0 Å². The van der Waals surface area contributed by atoms with Gasteiger partial charge in [-0.2, -0.15) is 0 Å². The highest BCUT2D eigenvalue weighted by atomic mass is 16.5. The van der Waals surface area contributed by atoms with E-state index < -0.39 is 0 Å². The predicted molar refractivity (Wildman–Crippen MR) is 105 cm³/mol. The average molecular weight is 342 g/mol. The van der Waals surface area contributed by atoms with Gasteiger partial charge in [-0.25, -0.2) is 0 Å². The van der Waals surface area contributed by atoms with Crippen molar-refractivity contribution in [2.45, 2.75) is 44.9 Å². The van der Waals surface area contributed by atoms with Crippen LogP contribution in [-0.2, 0) is 0 Å². The maximum Gasteiger partial charge on any atom is 0.119 e. The lowest BCUT2D eigenvalue weighted by Crippen LogP contribution is -1.98. The molecule has 0 aliphatic rings. The Hall–Kier alpha value is -2.36. The summed E-state index contributed by atoms with van der Waals surface area (Å²) >= 11 is 0. The topological polar surface area (TPSA) is 70.5 Å². The number of nitrogen functional groups attached to an aromatic ring is 2. The van der Waals surface area contributed by atoms with Crippen molar-refractivity contribution in [2.24, 2.45) is 0 Å². The molecule has 0 spiro atoms. The zero-order valence-electron chi connectivity index (χ0n) is 15.0. The summed E-state index contributed by atoms with van der Waals surface area (Å²) in [7, 11) is 0. The summed E-state index contributed by atoms with van der Waals surface area (Å²) < 4.78 is 11.4. The van der Waals surface area contributed by atoms with Crippen molar-refractivity contribution in [1.82, 2.24) is 0 Å². The fourth-order valence-electron chi connectivity index (χ4n) is 2.60. The smallest absolute Gasteiger partial charge is 0.119 e. The number of rotatable bonds is 12. The Morgan fingerprint density at radius 3 is 1.16 bits per heavy atom. The van der Waals surface area contributed by atoms with Gasteiger partial charge in [-0.05, 0) is 61.4 Å². The number of nitrogens with two attached hydrogens (primary N) is 2. The van der Waals surface area contributed by atoms with E-state index in [4.69, 9.17) is 20.9 Å². The summed E-state index contributed by atoms with van der Waals surface area (Å²) in [6, 6.07) is 15.1. The molecule has 0 atom stereocenters. The number of ether oxygens (including phenoxy) is 2. The molecule has 0 radical (unpaired) electrons. The Balaban J connectivity index is 1.37. The summed E-state index contributed by atoms with van der Waals surface area (Å²) in [5, 5.41) is 0. The molecule has 0 heterocycles. The van der Waals surface area contributed by atoms with Crippen LogP contribution in [0.3, 0.4) is 0 Å². The molecule has 0 aromatic heterocycles. The van der Waals surface area contributed by atoms with Crippen LogP contribution in [0, 0.1) is 0 Å². The van der Waals surface area contributed by atoms with Crippen LogP contribution in [0.4, 0.5) is 11.4 Å². The standard InChI is InChI=1S/C21H30N2O2/c22-18-8-12-20(13-9-18)24-16-6-4-2-1-3-5-7-17-25-21-14-10-19(23)11-15-21/h8-15H,1-7,16-17,22-23H2. The van der Waals surface area contributed by atoms with Crippen LogP contribution in [0.25, 0.3) is 0 Å². The first kappa shape index (κ1) is 19.0. The van der Waals surface area contributed by atoms with E-state index in [0.29, 0.717) is 0 Å². The second-order valence-corrected chi connectivity index (χ2v) is 6.31. The average Bonchev–Trinajstić information content (AvgIpc) is 2.63. The minimum Gasteiger partial charge on any atom is -0.494 e. The molecule has 4 nitrogen and oxygen atoms in total. The van der Waals surface area contributed by atoms with Crippen LogP contribution in [0.2, 0.25) is 0 Å². The molecule has 2 aromatic rings. The molecule has 0 bridgehead atoms. The number of benzene rings is 2. The molecule has 25 heavy (non-hydrogen) atoms. The SMILES string of the molecule is Nc1ccc(OCCCCCCCCCOc2ccc(N)cc2)cc1. The van der Waals surface area contributed by atoms with Crippen molar-refractivity contribution in [2.75, 3.05) is 24.7 Å². The van der Waals surface area contributed by atoms with E-state index >= 15 is 0 Å². The fourth-order valence-corrected chi connectivity index (χ4v) is 2.60. The zero-order chi connectivity index (χ0) is 17.7. The molecule has 0 unspecified atom stereocenters. The molecule has 4 N–H and O–H groups in total. The molecular weight excluding hydrogens is 312 g/mol. The van der Waals surface area contributed by atoms with Crippen molar-refractivity contribution < 1.29 is 9.47 Å². The monoisotopic (exact) mass is 342 g/mol. The van der Waals surface area contributed by atoms with E-state index in [9.17, 15) is 0 Å². The maximum absolute atomic E-state index is 5.69. The highest BCUT2D eigenvalue weighted by Gasteiger charge is 1.96. The van der Waals surface area contributed by atoms with Crippen molar-refractivity contribution in [3.63, 3.8) is 0 Å². The van der Waals surface area contributed by atoms with Crippen LogP contribution in [-0.4, -0.2) is 13.2 Å². The summed E-state index contributed by atoms with van der Waals surface area (Å²) in [6.45, 7) is 1.55. The predicted octanol–water partition coefficient (Wildman–Crippen LogP) is 5.04. The fraction of sp³-hybridized carbons (Fsp3) is 0.429. The zero-order valence-corrected chi connectivity index (χ0v) is 15.0. The Labute approximate surface area is 151 Å². The van der Waals surface area contributed by atoms with E-state index in [-0.39, 0.29) is 0 Å². The quantitative estimate of drug-likeness (QED) is 0.419. The Bertz CT molecular complexity index is 528. The summed E-state index contributed by atoms with van der Waals surface area (Å²) in [5.74, 6) is 1.80. The largest absolute Gasteiger partial charge is 0.494 e. The molecule has 136 valence electrons. The van der Waals surface area contributed by atoms with Gasteiger partial charge in [-0.15, -0.1) is 0 Å². The van der Waals surface area contributed by atoms with Gasteiger partial charge in [0.15, 0.2) is 0 Å². The molecule has 4 heteroatoms. The number of hydrogen-bond acceptors (Lipinski definition) is 4. The Kier molecular flexibility index (Phi) is 8.53. The summed E-state index contributed by atoms with van der Waals surface area (Å²) in [4.78, 5) is 0. The van der Waals surface area contributed by atoms with Gasteiger partial charge in [0.25, 0.3) is 0 Å². The molecule has 0 fully saturated rings. The third-order valence-corrected chi connectivity index (χ3v) is 4.09. The number of hydrogen-bond donors (Lipinski definition) is 2. The van der Waals surface area contributed by atoms with Gasteiger partial charge in [0.05, 0.1) is 13.2 Å². The van der Waals surface area contributed by atoms with E-state index in [0.717, 1.165) is 48.9 Å². The van der Waals surface area contributed by atoms with Crippen molar-refractivity contribution in [3.05, 3.63) is 48.5 Å². The normalized spacial score (nSPS) is 10.6. The highest BCUT2D eigenvalue weighted by Crippen LogP contribution is 2.15. The Morgan fingerprint density at radius 2 is 0.800 bits per heavy atom. The lowest BCUT2D eigenvalue weighted by atomic mass is 10.1. The van der Waals surface area contributed by atoms with Crippen LogP contribution in [0.1, 0.15) is 44.9 Å².